The fraction of sp³-hybridized carbons (Fsp3) is 0.226. The van der Waals surface area contributed by atoms with E-state index in [-0.39, 0.29) is 35.5 Å². The van der Waals surface area contributed by atoms with Gasteiger partial charge in [0.15, 0.2) is 5.76 Å². The summed E-state index contributed by atoms with van der Waals surface area (Å²) in [6.07, 6.45) is 6.17. The van der Waals surface area contributed by atoms with Crippen molar-refractivity contribution in [2.45, 2.75) is 32.6 Å². The summed E-state index contributed by atoms with van der Waals surface area (Å²) in [4.78, 5) is 15.8. The zero-order valence-corrected chi connectivity index (χ0v) is 23.3. The van der Waals surface area contributed by atoms with Crippen molar-refractivity contribution in [1.82, 2.24) is 4.98 Å². The Bertz CT molecular complexity index is 1320. The van der Waals surface area contributed by atoms with Gasteiger partial charge in [-0.3, -0.25) is 0 Å². The first kappa shape index (κ1) is 26.9. The van der Waals surface area contributed by atoms with Crippen LogP contribution in [0.3, 0.4) is 0 Å². The number of aryl methyl sites for hydroxylation is 1. The van der Waals surface area contributed by atoms with Crippen LogP contribution in [0.5, 0.6) is 5.75 Å². The Morgan fingerprint density at radius 3 is 2.43 bits per heavy atom. The van der Waals surface area contributed by atoms with Gasteiger partial charge in [-0.15, -0.1) is 0 Å². The molecule has 0 bridgehead atoms. The maximum absolute atomic E-state index is 10.8. The monoisotopic (exact) mass is 501 g/mol. The van der Waals surface area contributed by atoms with Crippen LogP contribution in [0.25, 0.3) is 28.2 Å². The van der Waals surface area contributed by atoms with Crippen LogP contribution in [0.2, 0.25) is 0 Å². The SMILES string of the molecule is Cc1ccc(OCC(=O)[O-])cc1CC1CCCC=C1c1nc(-c2ccccc2)c(-c2ccccc2)o1.[Na+]. The number of aromatic nitrogens is 1. The van der Waals surface area contributed by atoms with Crippen molar-refractivity contribution < 1.29 is 48.6 Å². The van der Waals surface area contributed by atoms with E-state index in [1.165, 1.54) is 0 Å². The molecule has 0 fully saturated rings. The van der Waals surface area contributed by atoms with Gasteiger partial charge in [0.05, 0.1) is 5.97 Å². The van der Waals surface area contributed by atoms with Crippen LogP contribution in [0.15, 0.2) is 89.4 Å². The minimum atomic E-state index is -1.23. The molecule has 0 N–H and O–H groups in total. The molecule has 1 unspecified atom stereocenters. The van der Waals surface area contributed by atoms with Crippen molar-refractivity contribution in [2.75, 3.05) is 6.61 Å². The molecule has 182 valence electrons. The molecular weight excluding hydrogens is 473 g/mol. The van der Waals surface area contributed by atoms with Crippen LogP contribution >= 0.6 is 0 Å². The molecule has 0 amide bonds. The molecule has 6 heteroatoms. The van der Waals surface area contributed by atoms with Crippen LogP contribution in [-0.2, 0) is 11.2 Å². The predicted octanol–water partition coefficient (Wildman–Crippen LogP) is 2.88. The molecule has 0 saturated carbocycles. The fourth-order valence-electron chi connectivity index (χ4n) is 4.80. The Balaban J connectivity index is 0.00000320. The van der Waals surface area contributed by atoms with Gasteiger partial charge in [0, 0.05) is 16.7 Å². The summed E-state index contributed by atoms with van der Waals surface area (Å²) in [7, 11) is 0. The molecule has 3 aromatic carbocycles. The number of carbonyl (C=O) groups excluding carboxylic acids is 1. The van der Waals surface area contributed by atoms with Crippen molar-refractivity contribution in [3.8, 4) is 28.3 Å². The van der Waals surface area contributed by atoms with Crippen LogP contribution in [0, 0.1) is 12.8 Å². The van der Waals surface area contributed by atoms with E-state index in [0.29, 0.717) is 11.6 Å². The Labute approximate surface area is 239 Å². The van der Waals surface area contributed by atoms with Gasteiger partial charge < -0.3 is 19.1 Å². The summed E-state index contributed by atoms with van der Waals surface area (Å²) in [5.74, 6) is 0.979. The second kappa shape index (κ2) is 12.4. The third-order valence-electron chi connectivity index (χ3n) is 6.66. The number of carboxylic acids is 1. The molecule has 1 atom stereocenters. The van der Waals surface area contributed by atoms with E-state index in [2.05, 4.69) is 25.1 Å². The molecule has 0 radical (unpaired) electrons. The predicted molar refractivity (Wildman–Crippen MR) is 138 cm³/mol. The van der Waals surface area contributed by atoms with Crippen molar-refractivity contribution in [3.05, 3.63) is 102 Å². The summed E-state index contributed by atoms with van der Waals surface area (Å²) < 4.78 is 11.9. The van der Waals surface area contributed by atoms with Gasteiger partial charge in [-0.25, -0.2) is 4.98 Å². The second-order valence-corrected chi connectivity index (χ2v) is 9.17. The largest absolute Gasteiger partial charge is 1.00 e. The van der Waals surface area contributed by atoms with Crippen LogP contribution in [-0.4, -0.2) is 17.6 Å². The van der Waals surface area contributed by atoms with E-state index in [4.69, 9.17) is 14.1 Å². The van der Waals surface area contributed by atoms with E-state index >= 15 is 0 Å². The van der Waals surface area contributed by atoms with Gasteiger partial charge >= 0.3 is 29.6 Å². The van der Waals surface area contributed by atoms with E-state index in [1.54, 1.807) is 6.07 Å². The maximum atomic E-state index is 10.8. The van der Waals surface area contributed by atoms with Crippen LogP contribution in [0.4, 0.5) is 0 Å². The third-order valence-corrected chi connectivity index (χ3v) is 6.66. The molecule has 0 spiro atoms. The van der Waals surface area contributed by atoms with Crippen molar-refractivity contribution in [3.63, 3.8) is 0 Å². The standard InChI is InChI=1S/C31H29NO4.Na/c1-21-16-17-26(35-20-28(33)34)19-25(21)18-24-14-8-9-15-27(24)31-32-29(22-10-4-2-5-11-22)30(36-31)23-12-6-3-7-13-23;/h2-7,10-13,15-17,19,24H,8-9,14,18,20H2,1H3,(H,33,34);/q;+1/p-1. The minimum Gasteiger partial charge on any atom is -0.546 e. The summed E-state index contributed by atoms with van der Waals surface area (Å²) in [5.41, 5.74) is 6.26. The van der Waals surface area contributed by atoms with E-state index in [1.807, 2.05) is 60.7 Å². The number of ether oxygens (including phenoxy) is 1. The van der Waals surface area contributed by atoms with Gasteiger partial charge in [-0.2, -0.15) is 0 Å². The number of allylic oxidation sites excluding steroid dienone is 2. The molecule has 5 nitrogen and oxygen atoms in total. The van der Waals surface area contributed by atoms with Crippen LogP contribution < -0.4 is 39.4 Å². The first-order valence-corrected chi connectivity index (χ1v) is 12.3. The zero-order valence-electron chi connectivity index (χ0n) is 21.3. The topological polar surface area (TPSA) is 75.4 Å². The number of aliphatic carboxylic acids is 1. The van der Waals surface area contributed by atoms with Gasteiger partial charge in [0.25, 0.3) is 0 Å². The van der Waals surface area contributed by atoms with E-state index < -0.39 is 12.6 Å². The number of benzene rings is 3. The normalized spacial score (nSPS) is 14.9. The van der Waals surface area contributed by atoms with Gasteiger partial charge in [-0.05, 0) is 61.8 Å². The number of hydrogen-bond donors (Lipinski definition) is 0. The fourth-order valence-corrected chi connectivity index (χ4v) is 4.80. The Hall–Kier alpha value is -3.12. The molecule has 4 aromatic rings. The molecule has 1 aromatic heterocycles. The van der Waals surface area contributed by atoms with Crippen LogP contribution in [0.1, 0.15) is 36.3 Å². The average Bonchev–Trinajstić information content (AvgIpc) is 3.36. The number of hydrogen-bond acceptors (Lipinski definition) is 5. The number of rotatable bonds is 8. The number of carboxylic acid groups (broad SMARTS) is 1. The number of oxazole rings is 1. The first-order chi connectivity index (χ1) is 17.6. The molecule has 1 aliphatic rings. The Morgan fingerprint density at radius 1 is 1.03 bits per heavy atom. The molecule has 5 rings (SSSR count). The Kier molecular flexibility index (Phi) is 9.04. The summed E-state index contributed by atoms with van der Waals surface area (Å²) in [6, 6.07) is 25.9. The van der Waals surface area contributed by atoms with E-state index in [9.17, 15) is 9.90 Å². The number of nitrogens with zero attached hydrogens (tertiary/aromatic N) is 1. The molecule has 0 saturated heterocycles. The van der Waals surface area contributed by atoms with Gasteiger partial charge in [0.1, 0.15) is 18.1 Å². The van der Waals surface area contributed by atoms with E-state index in [0.717, 1.165) is 65.0 Å². The summed E-state index contributed by atoms with van der Waals surface area (Å²) in [6.45, 7) is 1.61. The molecule has 0 aliphatic heterocycles. The van der Waals surface area contributed by atoms with Gasteiger partial charge in [0.2, 0.25) is 5.89 Å². The minimum absolute atomic E-state index is 0. The smallest absolute Gasteiger partial charge is 0.546 e. The average molecular weight is 502 g/mol. The third kappa shape index (κ3) is 6.42. The van der Waals surface area contributed by atoms with Crippen molar-refractivity contribution in [2.24, 2.45) is 5.92 Å². The van der Waals surface area contributed by atoms with Crippen molar-refractivity contribution >= 4 is 11.5 Å². The quantitative estimate of drug-likeness (QED) is 0.347. The first-order valence-electron chi connectivity index (χ1n) is 12.3. The Morgan fingerprint density at radius 2 is 1.73 bits per heavy atom. The molecule has 1 aliphatic carbocycles. The van der Waals surface area contributed by atoms with Crippen molar-refractivity contribution in [1.29, 1.82) is 0 Å². The molecule has 1 heterocycles. The number of carbonyl (C=O) groups is 1. The zero-order chi connectivity index (χ0) is 24.9. The maximum Gasteiger partial charge on any atom is 1.00 e. The second-order valence-electron chi connectivity index (χ2n) is 9.17. The molecule has 37 heavy (non-hydrogen) atoms. The van der Waals surface area contributed by atoms with Gasteiger partial charge in [-0.1, -0.05) is 72.8 Å². The summed E-state index contributed by atoms with van der Waals surface area (Å²) >= 11 is 0. The molecular formula is C31H28NNaO4. The summed E-state index contributed by atoms with van der Waals surface area (Å²) in [5, 5.41) is 10.8.